The Kier molecular flexibility index (Phi) is 5.81. The molecule has 0 bridgehead atoms. The Balaban J connectivity index is 1.33. The van der Waals surface area contributed by atoms with Gasteiger partial charge in [0.15, 0.2) is 0 Å². The van der Waals surface area contributed by atoms with Gasteiger partial charge in [0.1, 0.15) is 5.67 Å². The lowest BCUT2D eigenvalue weighted by Gasteiger charge is -2.24. The van der Waals surface area contributed by atoms with Crippen molar-refractivity contribution in [3.05, 3.63) is 70.8 Å². The molecule has 9 heteroatoms. The average Bonchev–Trinajstić information content (AvgIpc) is 3.25. The van der Waals surface area contributed by atoms with Crippen molar-refractivity contribution in [3.8, 4) is 0 Å². The summed E-state index contributed by atoms with van der Waals surface area (Å²) in [6.07, 6.45) is -5.35. The number of alkyl halides is 4. The van der Waals surface area contributed by atoms with Crippen LogP contribution < -0.4 is 0 Å². The predicted octanol–water partition coefficient (Wildman–Crippen LogP) is 3.62. The fraction of sp³-hybridized carbons (Fsp3) is 0.391. The van der Waals surface area contributed by atoms with Crippen LogP contribution in [-0.2, 0) is 11.8 Å². The number of amides is 2. The molecule has 1 unspecified atom stereocenters. The zero-order chi connectivity index (χ0) is 23.1. The SMILES string of the molecule is O=C1c2ccccc2C(=O)N1CC[C@@H](O)CN1CCC(F)(c2cccc(C(F)(F)F)c2)C1. The molecule has 5 nitrogen and oxygen atoms in total. The Bertz CT molecular complexity index is 1010. The van der Waals surface area contributed by atoms with Crippen LogP contribution in [0, 0.1) is 0 Å². The molecule has 2 heterocycles. The highest BCUT2D eigenvalue weighted by Crippen LogP contribution is 2.39. The summed E-state index contributed by atoms with van der Waals surface area (Å²) >= 11 is 0. The summed E-state index contributed by atoms with van der Waals surface area (Å²) < 4.78 is 54.3. The minimum Gasteiger partial charge on any atom is -0.392 e. The van der Waals surface area contributed by atoms with Crippen molar-refractivity contribution in [2.45, 2.75) is 30.8 Å². The van der Waals surface area contributed by atoms with Gasteiger partial charge in [0, 0.05) is 26.2 Å². The van der Waals surface area contributed by atoms with Crippen molar-refractivity contribution < 1.29 is 32.3 Å². The predicted molar refractivity (Wildman–Crippen MR) is 108 cm³/mol. The van der Waals surface area contributed by atoms with Gasteiger partial charge in [-0.15, -0.1) is 0 Å². The third-order valence-corrected chi connectivity index (χ3v) is 6.04. The molecule has 0 radical (unpaired) electrons. The van der Waals surface area contributed by atoms with E-state index >= 15 is 4.39 Å². The summed E-state index contributed by atoms with van der Waals surface area (Å²) in [4.78, 5) is 27.5. The van der Waals surface area contributed by atoms with Gasteiger partial charge in [0.05, 0.1) is 22.8 Å². The Hall–Kier alpha value is -2.78. The zero-order valence-electron chi connectivity index (χ0n) is 17.1. The third-order valence-electron chi connectivity index (χ3n) is 6.04. The van der Waals surface area contributed by atoms with Crippen LogP contribution in [0.1, 0.15) is 44.7 Å². The Morgan fingerprint density at radius 1 is 1.03 bits per heavy atom. The van der Waals surface area contributed by atoms with E-state index in [1.165, 1.54) is 12.1 Å². The van der Waals surface area contributed by atoms with Gasteiger partial charge in [-0.2, -0.15) is 13.2 Å². The van der Waals surface area contributed by atoms with Gasteiger partial charge < -0.3 is 5.11 Å². The van der Waals surface area contributed by atoms with E-state index in [1.54, 1.807) is 29.2 Å². The van der Waals surface area contributed by atoms with Crippen LogP contribution in [0.4, 0.5) is 17.6 Å². The molecule has 2 aromatic carbocycles. The molecular weight excluding hydrogens is 428 g/mol. The Morgan fingerprint density at radius 2 is 1.69 bits per heavy atom. The molecule has 2 atom stereocenters. The number of carbonyl (C=O) groups is 2. The van der Waals surface area contributed by atoms with Crippen molar-refractivity contribution in [3.63, 3.8) is 0 Å². The molecule has 0 spiro atoms. The van der Waals surface area contributed by atoms with E-state index in [-0.39, 0.29) is 44.6 Å². The van der Waals surface area contributed by atoms with Crippen molar-refractivity contribution in [2.24, 2.45) is 0 Å². The number of hydrogen-bond donors (Lipinski definition) is 1. The van der Waals surface area contributed by atoms with Crippen LogP contribution in [0.3, 0.4) is 0 Å². The van der Waals surface area contributed by atoms with Gasteiger partial charge in [0.2, 0.25) is 0 Å². The van der Waals surface area contributed by atoms with Gasteiger partial charge in [0.25, 0.3) is 11.8 Å². The van der Waals surface area contributed by atoms with E-state index in [2.05, 4.69) is 0 Å². The standard InChI is InChI=1S/C23H22F4N2O3/c24-22(15-4-3-5-16(12-15)23(25,26)27)9-11-28(14-22)13-17(30)8-10-29-20(31)18-6-1-2-7-19(18)21(29)32/h1-7,12,17,30H,8-11,13-14H2/t17-,22?/m1/s1. The van der Waals surface area contributed by atoms with Crippen LogP contribution in [0.15, 0.2) is 48.5 Å². The molecular formula is C23H22F4N2O3. The quantitative estimate of drug-likeness (QED) is 0.540. The number of nitrogens with zero attached hydrogens (tertiary/aromatic N) is 2. The van der Waals surface area contributed by atoms with E-state index in [1.807, 2.05) is 0 Å². The first-order chi connectivity index (χ1) is 15.1. The lowest BCUT2D eigenvalue weighted by atomic mass is 9.93. The molecule has 2 amide bonds. The first-order valence-corrected chi connectivity index (χ1v) is 10.3. The summed E-state index contributed by atoms with van der Waals surface area (Å²) in [6, 6.07) is 10.8. The molecule has 2 aromatic rings. The molecule has 170 valence electrons. The van der Waals surface area contributed by atoms with Gasteiger partial charge >= 0.3 is 6.18 Å². The fourth-order valence-corrected chi connectivity index (χ4v) is 4.32. The van der Waals surface area contributed by atoms with Crippen molar-refractivity contribution in [1.29, 1.82) is 0 Å². The number of likely N-dealkylation sites (tertiary alicyclic amines) is 1. The normalized spacial score (nSPS) is 22.5. The van der Waals surface area contributed by atoms with E-state index in [9.17, 15) is 27.9 Å². The molecule has 1 fully saturated rings. The second-order valence-corrected chi connectivity index (χ2v) is 8.28. The number of aliphatic hydroxyl groups excluding tert-OH is 1. The second-order valence-electron chi connectivity index (χ2n) is 8.28. The van der Waals surface area contributed by atoms with Crippen LogP contribution in [0.5, 0.6) is 0 Å². The van der Waals surface area contributed by atoms with Crippen molar-refractivity contribution >= 4 is 11.8 Å². The van der Waals surface area contributed by atoms with Gasteiger partial charge in [-0.3, -0.25) is 19.4 Å². The molecule has 1 saturated heterocycles. The second kappa shape index (κ2) is 8.29. The largest absolute Gasteiger partial charge is 0.416 e. The zero-order valence-corrected chi connectivity index (χ0v) is 17.1. The van der Waals surface area contributed by atoms with E-state index in [0.717, 1.165) is 17.0 Å². The van der Waals surface area contributed by atoms with Crippen molar-refractivity contribution in [2.75, 3.05) is 26.2 Å². The minimum atomic E-state index is -4.55. The summed E-state index contributed by atoms with van der Waals surface area (Å²) in [5.41, 5.74) is -2.21. The summed E-state index contributed by atoms with van der Waals surface area (Å²) in [6.45, 7) is 0.249. The molecule has 2 aliphatic rings. The van der Waals surface area contributed by atoms with Gasteiger partial charge in [-0.1, -0.05) is 24.3 Å². The maximum absolute atomic E-state index is 15.4. The van der Waals surface area contributed by atoms with Crippen LogP contribution in [0.2, 0.25) is 0 Å². The number of imide groups is 1. The maximum Gasteiger partial charge on any atom is 0.416 e. The summed E-state index contributed by atoms with van der Waals surface area (Å²) in [7, 11) is 0. The van der Waals surface area contributed by atoms with Crippen molar-refractivity contribution in [1.82, 2.24) is 9.80 Å². The number of carbonyl (C=O) groups excluding carboxylic acids is 2. The minimum absolute atomic E-state index is 0.0133. The number of halogens is 4. The number of hydrogen-bond acceptors (Lipinski definition) is 4. The number of β-amino-alcohol motifs (C(OH)–C–C–N with tert-alkyl or cyclic N) is 1. The first-order valence-electron chi connectivity index (χ1n) is 10.3. The summed E-state index contributed by atoms with van der Waals surface area (Å²) in [5.74, 6) is -0.822. The maximum atomic E-state index is 15.4. The number of rotatable bonds is 6. The number of aliphatic hydroxyl groups is 1. The lowest BCUT2D eigenvalue weighted by Crippen LogP contribution is -2.37. The van der Waals surface area contributed by atoms with Gasteiger partial charge in [-0.25, -0.2) is 4.39 Å². The molecule has 0 aliphatic carbocycles. The first kappa shape index (κ1) is 22.4. The number of benzene rings is 2. The van der Waals surface area contributed by atoms with Crippen LogP contribution in [0.25, 0.3) is 0 Å². The topological polar surface area (TPSA) is 60.9 Å². The molecule has 32 heavy (non-hydrogen) atoms. The Morgan fingerprint density at radius 3 is 2.31 bits per heavy atom. The Labute approximate surface area is 182 Å². The molecule has 2 aliphatic heterocycles. The number of fused-ring (bicyclic) bond motifs is 1. The van der Waals surface area contributed by atoms with E-state index in [4.69, 9.17) is 0 Å². The monoisotopic (exact) mass is 450 g/mol. The molecule has 1 N–H and O–H groups in total. The highest BCUT2D eigenvalue weighted by Gasteiger charge is 2.42. The highest BCUT2D eigenvalue weighted by atomic mass is 19.4. The molecule has 0 aromatic heterocycles. The van der Waals surface area contributed by atoms with E-state index in [0.29, 0.717) is 11.1 Å². The summed E-state index contributed by atoms with van der Waals surface area (Å²) in [5, 5.41) is 10.4. The molecule has 4 rings (SSSR count). The van der Waals surface area contributed by atoms with E-state index < -0.39 is 35.3 Å². The average molecular weight is 450 g/mol. The van der Waals surface area contributed by atoms with Gasteiger partial charge in [-0.05, 0) is 42.7 Å². The highest BCUT2D eigenvalue weighted by molar-refractivity contribution is 6.21. The third kappa shape index (κ3) is 4.27. The smallest absolute Gasteiger partial charge is 0.392 e. The molecule has 0 saturated carbocycles. The van der Waals surface area contributed by atoms with Crippen LogP contribution in [-0.4, -0.2) is 59.0 Å². The lowest BCUT2D eigenvalue weighted by molar-refractivity contribution is -0.137. The van der Waals surface area contributed by atoms with Crippen LogP contribution >= 0.6 is 0 Å². The fourth-order valence-electron chi connectivity index (χ4n) is 4.32.